The standard InChI is InChI=1S/C19H26N4O2S.ClH/c1-12-3-4-13-14(11-12)26-19-17(13)18(25)21-15(22-19)5-6-16(24)23-9-2-7-20-8-10-23;/h12,20H,2-11H2,1H3,(H,21,22,25);1H. The van der Waals surface area contributed by atoms with Gasteiger partial charge < -0.3 is 15.2 Å². The first-order valence-electron chi connectivity index (χ1n) is 9.63. The van der Waals surface area contributed by atoms with E-state index in [-0.39, 0.29) is 23.9 Å². The maximum atomic E-state index is 12.6. The molecule has 1 atom stereocenters. The van der Waals surface area contributed by atoms with E-state index in [1.807, 2.05) is 4.90 Å². The zero-order valence-electron chi connectivity index (χ0n) is 15.7. The average Bonchev–Trinajstić information content (AvgIpc) is 2.79. The number of aromatic amines is 1. The van der Waals surface area contributed by atoms with Crippen molar-refractivity contribution in [2.75, 3.05) is 26.2 Å². The highest BCUT2D eigenvalue weighted by atomic mass is 35.5. The van der Waals surface area contributed by atoms with E-state index in [9.17, 15) is 9.59 Å². The summed E-state index contributed by atoms with van der Waals surface area (Å²) in [6.07, 6.45) is 5.04. The number of carbonyl (C=O) groups is 1. The van der Waals surface area contributed by atoms with Crippen LogP contribution in [0.3, 0.4) is 0 Å². The lowest BCUT2D eigenvalue weighted by Gasteiger charge is -2.19. The van der Waals surface area contributed by atoms with Crippen molar-refractivity contribution in [3.8, 4) is 0 Å². The first-order chi connectivity index (χ1) is 12.6. The highest BCUT2D eigenvalue weighted by molar-refractivity contribution is 7.18. The predicted octanol–water partition coefficient (Wildman–Crippen LogP) is 2.29. The largest absolute Gasteiger partial charge is 0.341 e. The lowest BCUT2D eigenvalue weighted by atomic mass is 9.89. The van der Waals surface area contributed by atoms with Crippen LogP contribution < -0.4 is 10.9 Å². The predicted molar refractivity (Wildman–Crippen MR) is 111 cm³/mol. The van der Waals surface area contributed by atoms with Crippen LogP contribution in [0, 0.1) is 5.92 Å². The first-order valence-corrected chi connectivity index (χ1v) is 10.5. The summed E-state index contributed by atoms with van der Waals surface area (Å²) in [4.78, 5) is 36.8. The van der Waals surface area contributed by atoms with E-state index in [0.717, 1.165) is 62.1 Å². The number of fused-ring (bicyclic) bond motifs is 3. The van der Waals surface area contributed by atoms with Crippen LogP contribution in [0.15, 0.2) is 4.79 Å². The van der Waals surface area contributed by atoms with Crippen LogP contribution in [0.5, 0.6) is 0 Å². The van der Waals surface area contributed by atoms with Gasteiger partial charge in [0.1, 0.15) is 10.7 Å². The summed E-state index contributed by atoms with van der Waals surface area (Å²) in [5.41, 5.74) is 1.17. The Bertz CT molecular complexity index is 870. The van der Waals surface area contributed by atoms with Crippen molar-refractivity contribution in [2.24, 2.45) is 5.92 Å². The summed E-state index contributed by atoms with van der Waals surface area (Å²) in [5.74, 6) is 1.46. The summed E-state index contributed by atoms with van der Waals surface area (Å²) in [6.45, 7) is 5.66. The van der Waals surface area contributed by atoms with E-state index in [0.29, 0.717) is 24.6 Å². The van der Waals surface area contributed by atoms with Crippen molar-refractivity contribution >= 4 is 39.9 Å². The molecular formula is C19H27ClN4O2S. The number of halogens is 1. The molecule has 0 spiro atoms. The zero-order chi connectivity index (χ0) is 18.1. The number of aryl methyl sites for hydroxylation is 2. The van der Waals surface area contributed by atoms with Crippen molar-refractivity contribution in [1.29, 1.82) is 0 Å². The Balaban J connectivity index is 0.00000210. The molecule has 2 N–H and O–H groups in total. The second-order valence-electron chi connectivity index (χ2n) is 7.53. The van der Waals surface area contributed by atoms with Gasteiger partial charge in [0.2, 0.25) is 5.91 Å². The van der Waals surface area contributed by atoms with Crippen molar-refractivity contribution in [3.05, 3.63) is 26.6 Å². The fraction of sp³-hybridized carbons (Fsp3) is 0.632. The number of aromatic nitrogens is 2. The number of hydrogen-bond donors (Lipinski definition) is 2. The minimum atomic E-state index is -0.0384. The summed E-state index contributed by atoms with van der Waals surface area (Å²) < 4.78 is 0. The number of rotatable bonds is 3. The highest BCUT2D eigenvalue weighted by Gasteiger charge is 2.23. The highest BCUT2D eigenvalue weighted by Crippen LogP contribution is 2.35. The van der Waals surface area contributed by atoms with E-state index in [4.69, 9.17) is 0 Å². The van der Waals surface area contributed by atoms with E-state index >= 15 is 0 Å². The zero-order valence-corrected chi connectivity index (χ0v) is 17.3. The molecule has 148 valence electrons. The molecule has 0 saturated carbocycles. The number of carbonyl (C=O) groups excluding carboxylic acids is 1. The number of nitrogens with one attached hydrogen (secondary N) is 2. The normalized spacial score (nSPS) is 20.0. The Kier molecular flexibility index (Phi) is 6.55. The molecule has 3 heterocycles. The van der Waals surface area contributed by atoms with Crippen LogP contribution in [0.2, 0.25) is 0 Å². The molecule has 1 amide bonds. The third-order valence-corrected chi connectivity index (χ3v) is 6.63. The van der Waals surface area contributed by atoms with Crippen LogP contribution in [0.1, 0.15) is 42.5 Å². The van der Waals surface area contributed by atoms with E-state index < -0.39 is 0 Å². The first kappa shape index (κ1) is 20.3. The van der Waals surface area contributed by atoms with Gasteiger partial charge in [-0.25, -0.2) is 4.98 Å². The third kappa shape index (κ3) is 4.36. The molecule has 0 aromatic carbocycles. The fourth-order valence-corrected chi connectivity index (χ4v) is 5.39. The van der Waals surface area contributed by atoms with Crippen LogP contribution in [0.25, 0.3) is 10.2 Å². The molecule has 6 nitrogen and oxygen atoms in total. The van der Waals surface area contributed by atoms with Crippen LogP contribution in [0.4, 0.5) is 0 Å². The van der Waals surface area contributed by atoms with Crippen molar-refractivity contribution in [2.45, 2.75) is 45.4 Å². The van der Waals surface area contributed by atoms with Gasteiger partial charge in [-0.2, -0.15) is 0 Å². The SMILES string of the molecule is CC1CCc2c(sc3nc(CCC(=O)N4CCCNCC4)[nH]c(=O)c23)C1.Cl. The van der Waals surface area contributed by atoms with Crippen molar-refractivity contribution in [1.82, 2.24) is 20.2 Å². The molecule has 1 unspecified atom stereocenters. The average molecular weight is 411 g/mol. The Morgan fingerprint density at radius 2 is 2.19 bits per heavy atom. The number of nitrogens with zero attached hydrogens (tertiary/aromatic N) is 2. The lowest BCUT2D eigenvalue weighted by Crippen LogP contribution is -2.34. The van der Waals surface area contributed by atoms with Crippen LogP contribution in [-0.2, 0) is 24.1 Å². The molecule has 4 rings (SSSR count). The van der Waals surface area contributed by atoms with Gasteiger partial charge in [0.05, 0.1) is 5.39 Å². The molecule has 2 aromatic rings. The molecule has 1 aliphatic carbocycles. The minimum absolute atomic E-state index is 0. The summed E-state index contributed by atoms with van der Waals surface area (Å²) in [5, 5.41) is 4.09. The van der Waals surface area contributed by atoms with Gasteiger partial charge >= 0.3 is 0 Å². The Labute approximate surface area is 169 Å². The number of thiophene rings is 1. The fourth-order valence-electron chi connectivity index (χ4n) is 3.99. The molecule has 27 heavy (non-hydrogen) atoms. The molecular weight excluding hydrogens is 384 g/mol. The summed E-state index contributed by atoms with van der Waals surface area (Å²) in [6, 6.07) is 0. The van der Waals surface area contributed by atoms with E-state index in [2.05, 4.69) is 22.2 Å². The third-order valence-electron chi connectivity index (χ3n) is 5.48. The monoisotopic (exact) mass is 410 g/mol. The van der Waals surface area contributed by atoms with E-state index in [1.54, 1.807) is 11.3 Å². The molecule has 1 aliphatic heterocycles. The summed E-state index contributed by atoms with van der Waals surface area (Å²) >= 11 is 1.66. The van der Waals surface area contributed by atoms with Gasteiger partial charge in [-0.3, -0.25) is 9.59 Å². The quantitative estimate of drug-likeness (QED) is 0.813. The molecule has 0 radical (unpaired) electrons. The van der Waals surface area contributed by atoms with Gasteiger partial charge in [-0.15, -0.1) is 23.7 Å². The Hall–Kier alpha value is -1.44. The van der Waals surface area contributed by atoms with Gasteiger partial charge in [0.15, 0.2) is 0 Å². The second kappa shape index (κ2) is 8.71. The van der Waals surface area contributed by atoms with Crippen molar-refractivity contribution in [3.63, 3.8) is 0 Å². The van der Waals surface area contributed by atoms with Gasteiger partial charge in [0.25, 0.3) is 5.56 Å². The van der Waals surface area contributed by atoms with E-state index in [1.165, 1.54) is 10.4 Å². The van der Waals surface area contributed by atoms with Crippen LogP contribution >= 0.6 is 23.7 Å². The smallest absolute Gasteiger partial charge is 0.259 e. The second-order valence-corrected chi connectivity index (χ2v) is 8.61. The number of H-pyrrole nitrogens is 1. The Morgan fingerprint density at radius 1 is 1.33 bits per heavy atom. The molecule has 0 bridgehead atoms. The minimum Gasteiger partial charge on any atom is -0.341 e. The number of amides is 1. The van der Waals surface area contributed by atoms with Gasteiger partial charge in [-0.1, -0.05) is 6.92 Å². The molecule has 2 aliphatic rings. The molecule has 8 heteroatoms. The molecule has 1 saturated heterocycles. The summed E-state index contributed by atoms with van der Waals surface area (Å²) in [7, 11) is 0. The lowest BCUT2D eigenvalue weighted by molar-refractivity contribution is -0.131. The number of hydrogen-bond acceptors (Lipinski definition) is 5. The molecule has 1 fully saturated rings. The van der Waals surface area contributed by atoms with Gasteiger partial charge in [0, 0.05) is 37.4 Å². The van der Waals surface area contributed by atoms with Crippen LogP contribution in [-0.4, -0.2) is 47.0 Å². The Morgan fingerprint density at radius 3 is 3.04 bits per heavy atom. The van der Waals surface area contributed by atoms with Gasteiger partial charge in [-0.05, 0) is 43.7 Å². The van der Waals surface area contributed by atoms with Crippen molar-refractivity contribution < 1.29 is 4.79 Å². The maximum Gasteiger partial charge on any atom is 0.259 e. The topological polar surface area (TPSA) is 78.1 Å². The maximum absolute atomic E-state index is 12.6. The molecule has 2 aromatic heterocycles.